The molecule has 0 radical (unpaired) electrons. The molecule has 1 aromatic carbocycles. The molecule has 1 aliphatic heterocycles. The third-order valence-corrected chi connectivity index (χ3v) is 7.71. The van der Waals surface area contributed by atoms with Gasteiger partial charge in [0.1, 0.15) is 0 Å². The molecule has 3 rings (SSSR count). The summed E-state index contributed by atoms with van der Waals surface area (Å²) in [5, 5.41) is 2.93. The van der Waals surface area contributed by atoms with E-state index in [1.165, 1.54) is 40.5 Å². The molecule has 1 amide bonds. The third-order valence-electron chi connectivity index (χ3n) is 4.54. The molecule has 0 saturated carbocycles. The van der Waals surface area contributed by atoms with Crippen molar-refractivity contribution >= 4 is 44.6 Å². The second-order valence-corrected chi connectivity index (χ2v) is 10.2. The van der Waals surface area contributed by atoms with Gasteiger partial charge in [-0.05, 0) is 44.7 Å². The number of thiazole rings is 1. The van der Waals surface area contributed by atoms with Crippen molar-refractivity contribution in [3.63, 3.8) is 0 Å². The Hall–Kier alpha value is -1.48. The highest BCUT2D eigenvalue weighted by atomic mass is 35.5. The molecule has 9 heteroatoms. The Kier molecular flexibility index (Phi) is 7.02. The van der Waals surface area contributed by atoms with Crippen LogP contribution in [0.3, 0.4) is 0 Å². The van der Waals surface area contributed by atoms with Crippen LogP contribution in [-0.2, 0) is 22.8 Å². The molecule has 2 heterocycles. The van der Waals surface area contributed by atoms with Crippen LogP contribution in [0, 0.1) is 0 Å². The summed E-state index contributed by atoms with van der Waals surface area (Å²) in [6.07, 6.45) is 0.900. The minimum Gasteiger partial charge on any atom is -0.298 e. The summed E-state index contributed by atoms with van der Waals surface area (Å²) >= 11 is 1.51. The SMILES string of the molecule is CCN1CCc2nc(NC(=O)c3ccc(S(=O)(=O)C(C)C)cc3)sc2C1.Cl. The Bertz CT molecular complexity index is 908. The van der Waals surface area contributed by atoms with Gasteiger partial charge in [-0.1, -0.05) is 6.92 Å². The number of anilines is 1. The molecular weight excluding hydrogens is 406 g/mol. The lowest BCUT2D eigenvalue weighted by Crippen LogP contribution is -2.29. The Morgan fingerprint density at radius 3 is 2.56 bits per heavy atom. The van der Waals surface area contributed by atoms with E-state index >= 15 is 0 Å². The number of nitrogens with one attached hydrogen (secondary N) is 1. The lowest BCUT2D eigenvalue weighted by atomic mass is 10.2. The van der Waals surface area contributed by atoms with Crippen LogP contribution in [0.25, 0.3) is 0 Å². The maximum Gasteiger partial charge on any atom is 0.257 e. The third kappa shape index (κ3) is 4.68. The second-order valence-electron chi connectivity index (χ2n) is 6.58. The van der Waals surface area contributed by atoms with Crippen molar-refractivity contribution in [2.45, 2.75) is 43.9 Å². The number of hydrogen-bond acceptors (Lipinski definition) is 6. The summed E-state index contributed by atoms with van der Waals surface area (Å²) in [6, 6.07) is 6.04. The van der Waals surface area contributed by atoms with E-state index in [0.29, 0.717) is 10.7 Å². The molecular formula is C18H24ClN3O3S2. The van der Waals surface area contributed by atoms with E-state index in [1.807, 2.05) is 0 Å². The van der Waals surface area contributed by atoms with E-state index in [0.717, 1.165) is 31.7 Å². The number of nitrogens with zero attached hydrogens (tertiary/aromatic N) is 2. The van der Waals surface area contributed by atoms with E-state index in [-0.39, 0.29) is 23.2 Å². The van der Waals surface area contributed by atoms with Gasteiger partial charge in [-0.2, -0.15) is 0 Å². The first kappa shape index (κ1) is 21.8. The zero-order valence-corrected chi connectivity index (χ0v) is 18.0. The molecule has 0 bridgehead atoms. The van der Waals surface area contributed by atoms with E-state index < -0.39 is 15.1 Å². The van der Waals surface area contributed by atoms with Crippen molar-refractivity contribution in [1.82, 2.24) is 9.88 Å². The maximum atomic E-state index is 12.4. The molecule has 1 aliphatic rings. The van der Waals surface area contributed by atoms with Crippen LogP contribution >= 0.6 is 23.7 Å². The van der Waals surface area contributed by atoms with Gasteiger partial charge in [0.2, 0.25) is 0 Å². The average molecular weight is 430 g/mol. The number of halogens is 1. The van der Waals surface area contributed by atoms with E-state index in [2.05, 4.69) is 22.1 Å². The monoisotopic (exact) mass is 429 g/mol. The van der Waals surface area contributed by atoms with Gasteiger partial charge in [0.05, 0.1) is 15.8 Å². The lowest BCUT2D eigenvalue weighted by molar-refractivity contribution is 0.102. The quantitative estimate of drug-likeness (QED) is 0.788. The summed E-state index contributed by atoms with van der Waals surface area (Å²) in [4.78, 5) is 20.7. The number of carbonyl (C=O) groups excluding carboxylic acids is 1. The van der Waals surface area contributed by atoms with Gasteiger partial charge in [0.15, 0.2) is 15.0 Å². The van der Waals surface area contributed by atoms with Crippen molar-refractivity contribution < 1.29 is 13.2 Å². The zero-order valence-electron chi connectivity index (χ0n) is 15.6. The molecule has 148 valence electrons. The summed E-state index contributed by atoms with van der Waals surface area (Å²) in [6.45, 7) is 8.29. The number of rotatable bonds is 5. The van der Waals surface area contributed by atoms with Gasteiger partial charge in [0, 0.05) is 30.0 Å². The smallest absolute Gasteiger partial charge is 0.257 e. The number of likely N-dealkylation sites (N-methyl/N-ethyl adjacent to an activating group) is 1. The molecule has 0 spiro atoms. The summed E-state index contributed by atoms with van der Waals surface area (Å²) in [7, 11) is -3.33. The van der Waals surface area contributed by atoms with Crippen LogP contribution in [0.15, 0.2) is 29.2 Å². The molecule has 0 unspecified atom stereocenters. The van der Waals surface area contributed by atoms with E-state index in [1.54, 1.807) is 13.8 Å². The van der Waals surface area contributed by atoms with Crippen molar-refractivity contribution in [1.29, 1.82) is 0 Å². The fourth-order valence-corrected chi connectivity index (χ4v) is 4.91. The number of amides is 1. The van der Waals surface area contributed by atoms with Gasteiger partial charge in [-0.3, -0.25) is 15.0 Å². The Labute approximate surface area is 170 Å². The van der Waals surface area contributed by atoms with Gasteiger partial charge >= 0.3 is 0 Å². The van der Waals surface area contributed by atoms with Crippen LogP contribution in [0.4, 0.5) is 5.13 Å². The number of sulfone groups is 1. The fraction of sp³-hybridized carbons (Fsp3) is 0.444. The summed E-state index contributed by atoms with van der Waals surface area (Å²) < 4.78 is 24.3. The summed E-state index contributed by atoms with van der Waals surface area (Å²) in [5.74, 6) is -0.281. The number of fused-ring (bicyclic) bond motifs is 1. The van der Waals surface area contributed by atoms with Crippen LogP contribution in [0.1, 0.15) is 41.7 Å². The van der Waals surface area contributed by atoms with Crippen molar-refractivity contribution in [3.8, 4) is 0 Å². The highest BCUT2D eigenvalue weighted by Gasteiger charge is 2.22. The predicted molar refractivity (Wildman–Crippen MR) is 111 cm³/mol. The zero-order chi connectivity index (χ0) is 18.9. The van der Waals surface area contributed by atoms with Crippen molar-refractivity contribution in [3.05, 3.63) is 40.4 Å². The second kappa shape index (κ2) is 8.68. The van der Waals surface area contributed by atoms with Crippen LogP contribution < -0.4 is 5.32 Å². The first-order valence-corrected chi connectivity index (χ1v) is 11.0. The molecule has 6 nitrogen and oxygen atoms in total. The van der Waals surface area contributed by atoms with Gasteiger partial charge < -0.3 is 0 Å². The predicted octanol–water partition coefficient (Wildman–Crippen LogP) is 3.38. The van der Waals surface area contributed by atoms with Crippen LogP contribution in [0.2, 0.25) is 0 Å². The molecule has 0 aliphatic carbocycles. The normalized spacial score (nSPS) is 14.5. The standard InChI is InChI=1S/C18H23N3O3S2.ClH/c1-4-21-10-9-15-16(11-21)25-18(19-15)20-17(22)13-5-7-14(8-6-13)26(23,24)12(2)3;/h5-8,12H,4,9-11H2,1-3H3,(H,19,20,22);1H. The number of aromatic nitrogens is 1. The Balaban J connectivity index is 0.00000261. The average Bonchev–Trinajstić information content (AvgIpc) is 3.02. The van der Waals surface area contributed by atoms with Crippen LogP contribution in [-0.4, -0.2) is 42.5 Å². The van der Waals surface area contributed by atoms with Crippen molar-refractivity contribution in [2.75, 3.05) is 18.4 Å². The molecule has 27 heavy (non-hydrogen) atoms. The molecule has 0 saturated heterocycles. The largest absolute Gasteiger partial charge is 0.298 e. The van der Waals surface area contributed by atoms with Crippen molar-refractivity contribution in [2.24, 2.45) is 0 Å². The lowest BCUT2D eigenvalue weighted by Gasteiger charge is -2.23. The molecule has 2 aromatic rings. The highest BCUT2D eigenvalue weighted by Crippen LogP contribution is 2.28. The molecule has 0 atom stereocenters. The first-order valence-electron chi connectivity index (χ1n) is 8.67. The highest BCUT2D eigenvalue weighted by molar-refractivity contribution is 7.92. The van der Waals surface area contributed by atoms with Crippen LogP contribution in [0.5, 0.6) is 0 Å². The van der Waals surface area contributed by atoms with Gasteiger partial charge in [0.25, 0.3) is 5.91 Å². The van der Waals surface area contributed by atoms with Gasteiger partial charge in [-0.25, -0.2) is 13.4 Å². The molecule has 1 N–H and O–H groups in total. The number of hydrogen-bond donors (Lipinski definition) is 1. The van der Waals surface area contributed by atoms with Gasteiger partial charge in [-0.15, -0.1) is 23.7 Å². The van der Waals surface area contributed by atoms with E-state index in [9.17, 15) is 13.2 Å². The minimum atomic E-state index is -3.33. The number of carbonyl (C=O) groups is 1. The first-order chi connectivity index (χ1) is 12.3. The summed E-state index contributed by atoms with van der Waals surface area (Å²) in [5.41, 5.74) is 1.48. The Morgan fingerprint density at radius 1 is 1.30 bits per heavy atom. The molecule has 1 aromatic heterocycles. The number of benzene rings is 1. The maximum absolute atomic E-state index is 12.4. The fourth-order valence-electron chi connectivity index (χ4n) is 2.81. The minimum absolute atomic E-state index is 0. The molecule has 0 fully saturated rings. The Morgan fingerprint density at radius 2 is 1.96 bits per heavy atom. The topological polar surface area (TPSA) is 79.4 Å². The van der Waals surface area contributed by atoms with E-state index in [4.69, 9.17) is 0 Å².